The number of nitrogens with zero attached hydrogens (tertiary/aromatic N) is 3. The van der Waals surface area contributed by atoms with E-state index in [2.05, 4.69) is 11.1 Å². The van der Waals surface area contributed by atoms with Gasteiger partial charge in [-0.05, 0) is 43.3 Å². The monoisotopic (exact) mass is 384 g/mol. The van der Waals surface area contributed by atoms with Gasteiger partial charge in [0, 0.05) is 0 Å². The van der Waals surface area contributed by atoms with Crippen LogP contribution >= 0.6 is 11.8 Å². The Hall–Kier alpha value is -3.12. The molecular formula is C18H16N4O4S. The molecule has 0 unspecified atom stereocenters. The molecule has 0 bridgehead atoms. The number of hydrogen-bond donors (Lipinski definition) is 1. The maximum Gasteiger partial charge on any atom is 0.338 e. The van der Waals surface area contributed by atoms with E-state index >= 15 is 0 Å². The van der Waals surface area contributed by atoms with Crippen LogP contribution in [0.4, 0.5) is 0 Å². The summed E-state index contributed by atoms with van der Waals surface area (Å²) in [6, 6.07) is 6.94. The molecule has 138 valence electrons. The number of thioether (sulfide) groups is 1. The third-order valence-electron chi connectivity index (χ3n) is 4.39. The first-order chi connectivity index (χ1) is 13.0. The summed E-state index contributed by atoms with van der Waals surface area (Å²) in [5, 5.41) is 9.91. The summed E-state index contributed by atoms with van der Waals surface area (Å²) in [6.07, 6.45) is 0. The molecule has 0 radical (unpaired) electrons. The average molecular weight is 384 g/mol. The highest BCUT2D eigenvalue weighted by molar-refractivity contribution is 8.17. The zero-order valence-corrected chi connectivity index (χ0v) is 15.5. The van der Waals surface area contributed by atoms with Crippen molar-refractivity contribution >= 4 is 22.9 Å². The molecule has 4 rings (SSSR count). The van der Waals surface area contributed by atoms with E-state index in [-0.39, 0.29) is 19.2 Å². The smallest absolute Gasteiger partial charge is 0.338 e. The lowest BCUT2D eigenvalue weighted by molar-refractivity contribution is -0.139. The van der Waals surface area contributed by atoms with Gasteiger partial charge in [-0.25, -0.2) is 9.79 Å². The van der Waals surface area contributed by atoms with Crippen molar-refractivity contribution in [1.82, 2.24) is 4.90 Å². The molecule has 0 spiro atoms. The number of hydrogen-bond acceptors (Lipinski definition) is 9. The van der Waals surface area contributed by atoms with Gasteiger partial charge in [0.2, 0.25) is 6.79 Å². The second kappa shape index (κ2) is 6.55. The first-order valence-corrected chi connectivity index (χ1v) is 9.09. The number of carbonyl (C=O) groups excluding carboxylic acids is 1. The van der Waals surface area contributed by atoms with Gasteiger partial charge in [-0.3, -0.25) is 4.90 Å². The molecule has 1 aromatic carbocycles. The van der Waals surface area contributed by atoms with E-state index in [4.69, 9.17) is 19.9 Å². The third kappa shape index (κ3) is 2.69. The molecule has 9 heteroatoms. The van der Waals surface area contributed by atoms with Crippen molar-refractivity contribution in [1.29, 1.82) is 5.26 Å². The lowest BCUT2D eigenvalue weighted by Crippen LogP contribution is -2.38. The summed E-state index contributed by atoms with van der Waals surface area (Å²) in [5.41, 5.74) is 7.88. The van der Waals surface area contributed by atoms with Crippen molar-refractivity contribution in [3.8, 4) is 17.6 Å². The standard InChI is InChI=1S/C18H16N4O4S/c1-3-24-17(23)14-9(2)21-18-22(16(20)13(7-19)27-18)15(14)10-4-5-11-12(6-10)26-8-25-11/h4-6,15H,3,8,20H2,1-2H3/t15-/m0/s1. The van der Waals surface area contributed by atoms with Crippen molar-refractivity contribution in [2.75, 3.05) is 13.4 Å². The largest absolute Gasteiger partial charge is 0.463 e. The predicted octanol–water partition coefficient (Wildman–Crippen LogP) is 2.36. The highest BCUT2D eigenvalue weighted by atomic mass is 32.2. The molecule has 3 heterocycles. The topological polar surface area (TPSA) is 110 Å². The van der Waals surface area contributed by atoms with Gasteiger partial charge in [-0.1, -0.05) is 6.07 Å². The van der Waals surface area contributed by atoms with E-state index in [1.165, 1.54) is 11.8 Å². The summed E-state index contributed by atoms with van der Waals surface area (Å²) >= 11 is 1.18. The molecule has 0 amide bonds. The van der Waals surface area contributed by atoms with Crippen molar-refractivity contribution in [3.05, 3.63) is 45.8 Å². The summed E-state index contributed by atoms with van der Waals surface area (Å²) < 4.78 is 16.1. The zero-order chi connectivity index (χ0) is 19.1. The average Bonchev–Trinajstić information content (AvgIpc) is 3.24. The summed E-state index contributed by atoms with van der Waals surface area (Å²) in [4.78, 5) is 19.2. The van der Waals surface area contributed by atoms with E-state index < -0.39 is 12.0 Å². The Balaban J connectivity index is 1.87. The van der Waals surface area contributed by atoms with E-state index in [1.807, 2.05) is 12.1 Å². The van der Waals surface area contributed by atoms with Gasteiger partial charge in [-0.15, -0.1) is 0 Å². The second-order valence-electron chi connectivity index (χ2n) is 5.93. The summed E-state index contributed by atoms with van der Waals surface area (Å²) in [7, 11) is 0. The SMILES string of the molecule is CCOC(=O)C1=C(C)N=C2SC(C#N)=C(N)N2[C@H]1c1ccc2c(c1)OCO2. The number of nitrogens with two attached hydrogens (primary N) is 1. The zero-order valence-electron chi connectivity index (χ0n) is 14.7. The molecule has 1 aromatic rings. The molecule has 1 atom stereocenters. The third-order valence-corrected chi connectivity index (χ3v) is 5.36. The highest BCUT2D eigenvalue weighted by Crippen LogP contribution is 2.47. The molecule has 0 aromatic heterocycles. The minimum absolute atomic E-state index is 0.149. The number of rotatable bonds is 3. The highest BCUT2D eigenvalue weighted by Gasteiger charge is 2.43. The number of fused-ring (bicyclic) bond motifs is 2. The van der Waals surface area contributed by atoms with Crippen LogP contribution in [-0.2, 0) is 9.53 Å². The van der Waals surface area contributed by atoms with Gasteiger partial charge in [0.15, 0.2) is 16.7 Å². The van der Waals surface area contributed by atoms with E-state index in [0.717, 1.165) is 5.56 Å². The quantitative estimate of drug-likeness (QED) is 0.791. The summed E-state index contributed by atoms with van der Waals surface area (Å²) in [6.45, 7) is 3.88. The van der Waals surface area contributed by atoms with Crippen molar-refractivity contribution in [2.24, 2.45) is 10.7 Å². The van der Waals surface area contributed by atoms with Gasteiger partial charge in [-0.2, -0.15) is 5.26 Å². The predicted molar refractivity (Wildman–Crippen MR) is 98.3 cm³/mol. The van der Waals surface area contributed by atoms with Gasteiger partial charge in [0.1, 0.15) is 16.8 Å². The first-order valence-electron chi connectivity index (χ1n) is 8.28. The van der Waals surface area contributed by atoms with Crippen LogP contribution in [0.15, 0.2) is 45.2 Å². The second-order valence-corrected chi connectivity index (χ2v) is 6.90. The number of allylic oxidation sites excluding steroid dienone is 2. The van der Waals surface area contributed by atoms with Gasteiger partial charge in [0.05, 0.1) is 23.9 Å². The lowest BCUT2D eigenvalue weighted by Gasteiger charge is -2.34. The Labute approximate surface area is 159 Å². The Kier molecular flexibility index (Phi) is 4.20. The fourth-order valence-electron chi connectivity index (χ4n) is 3.21. The Morgan fingerprint density at radius 2 is 2.26 bits per heavy atom. The van der Waals surface area contributed by atoms with Gasteiger partial charge in [0.25, 0.3) is 0 Å². The number of benzene rings is 1. The molecule has 8 nitrogen and oxygen atoms in total. The molecule has 27 heavy (non-hydrogen) atoms. The Morgan fingerprint density at radius 3 is 3.00 bits per heavy atom. The minimum atomic E-state index is -0.579. The maximum atomic E-state index is 12.7. The molecular weight excluding hydrogens is 368 g/mol. The fourth-order valence-corrected chi connectivity index (χ4v) is 4.13. The number of ether oxygens (including phenoxy) is 3. The Morgan fingerprint density at radius 1 is 1.48 bits per heavy atom. The lowest BCUT2D eigenvalue weighted by atomic mass is 9.94. The van der Waals surface area contributed by atoms with Crippen LogP contribution in [0.1, 0.15) is 25.5 Å². The molecule has 3 aliphatic heterocycles. The van der Waals surface area contributed by atoms with E-state index in [9.17, 15) is 10.1 Å². The minimum Gasteiger partial charge on any atom is -0.463 e. The van der Waals surface area contributed by atoms with Crippen molar-refractivity contribution < 1.29 is 19.0 Å². The van der Waals surface area contributed by atoms with Crippen molar-refractivity contribution in [3.63, 3.8) is 0 Å². The van der Waals surface area contributed by atoms with Crippen LogP contribution in [-0.4, -0.2) is 29.4 Å². The van der Waals surface area contributed by atoms with E-state index in [0.29, 0.717) is 32.8 Å². The Bertz CT molecular complexity index is 976. The first kappa shape index (κ1) is 17.3. The van der Waals surface area contributed by atoms with Gasteiger partial charge < -0.3 is 19.9 Å². The van der Waals surface area contributed by atoms with Crippen LogP contribution in [0.2, 0.25) is 0 Å². The molecule has 0 saturated carbocycles. The van der Waals surface area contributed by atoms with Gasteiger partial charge >= 0.3 is 5.97 Å². The van der Waals surface area contributed by atoms with Crippen LogP contribution < -0.4 is 15.2 Å². The number of carbonyl (C=O) groups is 1. The van der Waals surface area contributed by atoms with Crippen molar-refractivity contribution in [2.45, 2.75) is 19.9 Å². The van der Waals surface area contributed by atoms with E-state index in [1.54, 1.807) is 24.8 Å². The summed E-state index contributed by atoms with van der Waals surface area (Å²) in [5.74, 6) is 1.02. The molecule has 0 aliphatic carbocycles. The molecule has 0 fully saturated rings. The van der Waals surface area contributed by atoms with Crippen LogP contribution in [0.3, 0.4) is 0 Å². The molecule has 2 N–H and O–H groups in total. The number of amidine groups is 1. The number of esters is 1. The van der Waals surface area contributed by atoms with Crippen LogP contribution in [0, 0.1) is 11.3 Å². The molecule has 0 saturated heterocycles. The molecule has 3 aliphatic rings. The fraction of sp³-hybridized carbons (Fsp3) is 0.278. The van der Waals surface area contributed by atoms with Crippen LogP contribution in [0.25, 0.3) is 0 Å². The number of nitriles is 1. The maximum absolute atomic E-state index is 12.7. The van der Waals surface area contributed by atoms with Crippen LogP contribution in [0.5, 0.6) is 11.5 Å². The number of aliphatic imine (C=N–C) groups is 1. The normalized spacial score (nSPS) is 20.4.